The van der Waals surface area contributed by atoms with E-state index >= 15 is 0 Å². The van der Waals surface area contributed by atoms with Crippen molar-refractivity contribution in [2.45, 2.75) is 52.4 Å². The SMILES string of the molecule is [2H]c1c([2H])c([2H])c(-c2cccc(-c3ccccc3)c2Nc2ccccc2Nc2cccc(-c3cc(C(C)(C)C)c(C(C)(C)C)cc3-c3ccc4c5ccccc5n(-c5ccccn5)c4c3)c2)c([2H])c1[2H]. The smallest absolute Gasteiger partial charge is 0.137 e. The summed E-state index contributed by atoms with van der Waals surface area (Å²) in [4.78, 5) is 4.82. The van der Waals surface area contributed by atoms with Gasteiger partial charge in [-0.1, -0.05) is 181 Å². The summed E-state index contributed by atoms with van der Waals surface area (Å²) in [7, 11) is 0. The first kappa shape index (κ1) is 35.7. The van der Waals surface area contributed by atoms with Gasteiger partial charge in [0.05, 0.1) is 34.9 Å². The predicted molar refractivity (Wildman–Crippen MR) is 277 cm³/mol. The van der Waals surface area contributed by atoms with Crippen LogP contribution in [0.15, 0.2) is 206 Å². The molecule has 10 aromatic rings. The fourth-order valence-corrected chi connectivity index (χ4v) is 9.08. The molecule has 4 heteroatoms. The van der Waals surface area contributed by atoms with E-state index in [-0.39, 0.29) is 40.6 Å². The molecule has 0 atom stereocenters. The van der Waals surface area contributed by atoms with E-state index in [1.165, 1.54) is 21.9 Å². The number of anilines is 4. The van der Waals surface area contributed by atoms with Crippen LogP contribution in [0.5, 0.6) is 0 Å². The Morgan fingerprint density at radius 3 is 1.72 bits per heavy atom. The van der Waals surface area contributed by atoms with Crippen LogP contribution in [0.2, 0.25) is 0 Å². The molecule has 0 fully saturated rings. The van der Waals surface area contributed by atoms with E-state index in [0.717, 1.165) is 67.3 Å². The number of aromatic nitrogens is 2. The summed E-state index contributed by atoms with van der Waals surface area (Å²) in [6.45, 7) is 13.8. The highest BCUT2D eigenvalue weighted by atomic mass is 15.1. The molecule has 0 aliphatic heterocycles. The maximum Gasteiger partial charge on any atom is 0.137 e. The van der Waals surface area contributed by atoms with Gasteiger partial charge in [0.15, 0.2) is 0 Å². The molecular weight excluding hydrogens is 789 g/mol. The van der Waals surface area contributed by atoms with Crippen molar-refractivity contribution in [3.8, 4) is 50.3 Å². The summed E-state index contributed by atoms with van der Waals surface area (Å²) >= 11 is 0. The second kappa shape index (κ2) is 16.8. The van der Waals surface area contributed by atoms with Crippen LogP contribution >= 0.6 is 0 Å². The molecule has 2 N–H and O–H groups in total. The van der Waals surface area contributed by atoms with Crippen molar-refractivity contribution in [2.75, 3.05) is 10.6 Å². The van der Waals surface area contributed by atoms with Crippen LogP contribution in [0.1, 0.15) is 59.5 Å². The number of hydrogen-bond acceptors (Lipinski definition) is 3. The van der Waals surface area contributed by atoms with Gasteiger partial charge < -0.3 is 10.6 Å². The van der Waals surface area contributed by atoms with Gasteiger partial charge in [0.25, 0.3) is 0 Å². The minimum absolute atomic E-state index is 0.129. The molecule has 0 saturated carbocycles. The Morgan fingerprint density at radius 1 is 0.446 bits per heavy atom. The fourth-order valence-electron chi connectivity index (χ4n) is 9.08. The lowest BCUT2D eigenvalue weighted by atomic mass is 9.72. The molecule has 318 valence electrons. The molecule has 0 unspecified atom stereocenters. The van der Waals surface area contributed by atoms with Gasteiger partial charge in [0.1, 0.15) is 5.82 Å². The topological polar surface area (TPSA) is 41.9 Å². The first-order valence-corrected chi connectivity index (χ1v) is 22.2. The van der Waals surface area contributed by atoms with Gasteiger partial charge in [0, 0.05) is 33.8 Å². The number of nitrogens with zero attached hydrogens (tertiary/aromatic N) is 2. The van der Waals surface area contributed by atoms with Crippen LogP contribution in [0.3, 0.4) is 0 Å². The fraction of sp³-hybridized carbons (Fsp3) is 0.131. The molecular formula is C61H54N4. The lowest BCUT2D eigenvalue weighted by Gasteiger charge is -2.32. The van der Waals surface area contributed by atoms with Gasteiger partial charge in [0.2, 0.25) is 0 Å². The van der Waals surface area contributed by atoms with E-state index in [9.17, 15) is 0 Å². The second-order valence-corrected chi connectivity index (χ2v) is 18.7. The normalized spacial score (nSPS) is 12.9. The van der Waals surface area contributed by atoms with Crippen molar-refractivity contribution in [3.63, 3.8) is 0 Å². The van der Waals surface area contributed by atoms with Crippen molar-refractivity contribution < 1.29 is 6.85 Å². The van der Waals surface area contributed by atoms with E-state index in [1.807, 2.05) is 91.1 Å². The number of pyridine rings is 1. The average Bonchev–Trinajstić information content (AvgIpc) is 3.69. The molecule has 0 spiro atoms. The third-order valence-electron chi connectivity index (χ3n) is 12.2. The van der Waals surface area contributed by atoms with Crippen LogP contribution in [0.4, 0.5) is 22.7 Å². The highest BCUT2D eigenvalue weighted by molar-refractivity contribution is 6.10. The third kappa shape index (κ3) is 8.09. The van der Waals surface area contributed by atoms with Crippen LogP contribution in [-0.4, -0.2) is 9.55 Å². The molecule has 0 saturated heterocycles. The summed E-state index contributed by atoms with van der Waals surface area (Å²) in [5.41, 5.74) is 14.3. The largest absolute Gasteiger partial charge is 0.354 e. The Hall–Kier alpha value is -7.69. The van der Waals surface area contributed by atoms with Gasteiger partial charge in [-0.05, 0) is 116 Å². The molecule has 0 aliphatic carbocycles. The van der Waals surface area contributed by atoms with Gasteiger partial charge in [-0.15, -0.1) is 0 Å². The molecule has 0 radical (unpaired) electrons. The minimum Gasteiger partial charge on any atom is -0.354 e. The van der Waals surface area contributed by atoms with Crippen LogP contribution < -0.4 is 10.6 Å². The van der Waals surface area contributed by atoms with Gasteiger partial charge in [-0.25, -0.2) is 4.98 Å². The van der Waals surface area contributed by atoms with Gasteiger partial charge in [-0.2, -0.15) is 0 Å². The summed E-state index contributed by atoms with van der Waals surface area (Å²) in [6.07, 6.45) is 1.85. The highest BCUT2D eigenvalue weighted by Crippen LogP contribution is 2.45. The summed E-state index contributed by atoms with van der Waals surface area (Å²) in [6, 6.07) is 56.6. The summed E-state index contributed by atoms with van der Waals surface area (Å²) in [5.74, 6) is 0.868. The molecule has 4 nitrogen and oxygen atoms in total. The van der Waals surface area contributed by atoms with Crippen molar-refractivity contribution >= 4 is 44.6 Å². The Morgan fingerprint density at radius 2 is 1.03 bits per heavy atom. The molecule has 0 bridgehead atoms. The summed E-state index contributed by atoms with van der Waals surface area (Å²) < 4.78 is 45.5. The van der Waals surface area contributed by atoms with Crippen molar-refractivity contribution in [2.24, 2.45) is 0 Å². The number of nitrogens with one attached hydrogen (secondary N) is 2. The van der Waals surface area contributed by atoms with Crippen LogP contribution in [-0.2, 0) is 10.8 Å². The van der Waals surface area contributed by atoms with E-state index in [0.29, 0.717) is 11.3 Å². The Kier molecular flexibility index (Phi) is 9.23. The number of hydrogen-bond donors (Lipinski definition) is 2. The Bertz CT molecular complexity index is 3600. The average molecular weight is 848 g/mol. The van der Waals surface area contributed by atoms with Crippen molar-refractivity contribution in [1.29, 1.82) is 0 Å². The van der Waals surface area contributed by atoms with E-state index in [4.69, 9.17) is 11.8 Å². The number of rotatable bonds is 9. The zero-order chi connectivity index (χ0) is 49.1. The molecule has 0 amide bonds. The van der Waals surface area contributed by atoms with Gasteiger partial charge >= 0.3 is 0 Å². The van der Waals surface area contributed by atoms with E-state index < -0.39 is 6.04 Å². The maximum atomic E-state index is 8.95. The quantitative estimate of drug-likeness (QED) is 0.152. The molecule has 8 aromatic carbocycles. The van der Waals surface area contributed by atoms with E-state index in [2.05, 4.69) is 142 Å². The molecule has 0 aliphatic rings. The second-order valence-electron chi connectivity index (χ2n) is 18.7. The highest BCUT2D eigenvalue weighted by Gasteiger charge is 2.28. The maximum absolute atomic E-state index is 8.95. The standard InChI is InChI=1S/C61H54N4/c1-60(2,3)52-39-50(51(40-53(52)61(4,5)6)44-34-35-49-48-27-13-16-32-56(48)65(57(49)38-44)58-33-17-18-36-62-58)43-25-19-26-45(37-43)63-54-30-14-15-31-55(54)64-59-46(41-21-9-7-10-22-41)28-20-29-47(59)42-23-11-8-12-24-42/h7-40,63-64H,1-6H3/i7D,9D,10D,21D,22D. The minimum atomic E-state index is -0.429. The monoisotopic (exact) mass is 847 g/mol. The molecule has 10 rings (SSSR count). The van der Waals surface area contributed by atoms with Crippen molar-refractivity contribution in [1.82, 2.24) is 9.55 Å². The number of para-hydroxylation sites is 4. The molecule has 2 heterocycles. The third-order valence-corrected chi connectivity index (χ3v) is 12.2. The summed E-state index contributed by atoms with van der Waals surface area (Å²) in [5, 5.41) is 9.78. The first-order valence-electron chi connectivity index (χ1n) is 24.7. The zero-order valence-electron chi connectivity index (χ0n) is 42.6. The van der Waals surface area contributed by atoms with E-state index in [1.54, 1.807) is 0 Å². The Balaban J connectivity index is 1.11. The zero-order valence-corrected chi connectivity index (χ0v) is 37.6. The lowest BCUT2D eigenvalue weighted by molar-refractivity contribution is 0.530. The first-order chi connectivity index (χ1) is 33.6. The van der Waals surface area contributed by atoms with Gasteiger partial charge in [-0.3, -0.25) is 4.57 Å². The molecule has 65 heavy (non-hydrogen) atoms. The number of fused-ring (bicyclic) bond motifs is 3. The Labute approximate surface area is 390 Å². The number of benzene rings is 8. The van der Waals surface area contributed by atoms with Crippen LogP contribution in [0.25, 0.3) is 72.1 Å². The lowest BCUT2D eigenvalue weighted by Crippen LogP contribution is -2.22. The predicted octanol–water partition coefficient (Wildman–Crippen LogP) is 16.9. The van der Waals surface area contributed by atoms with Crippen LogP contribution in [0, 0.1) is 0 Å². The molecule has 2 aromatic heterocycles. The van der Waals surface area contributed by atoms with Crippen molar-refractivity contribution in [3.05, 3.63) is 217 Å².